The molecule has 0 unspecified atom stereocenters. The van der Waals surface area contributed by atoms with Crippen molar-refractivity contribution in [2.24, 2.45) is 0 Å². The van der Waals surface area contributed by atoms with E-state index in [1.165, 1.54) is 42.5 Å². The van der Waals surface area contributed by atoms with Crippen LogP contribution < -0.4 is 10.1 Å². The Morgan fingerprint density at radius 2 is 1.86 bits per heavy atom. The van der Waals surface area contributed by atoms with E-state index in [4.69, 9.17) is 21.4 Å². The molecule has 2 rings (SSSR count). The maximum atomic E-state index is 12.7. The second-order valence-corrected chi connectivity index (χ2v) is 4.72. The van der Waals surface area contributed by atoms with Crippen molar-refractivity contribution in [3.05, 3.63) is 58.9 Å². The van der Waals surface area contributed by atoms with Gasteiger partial charge in [0.1, 0.15) is 11.6 Å². The molecule has 0 atom stereocenters. The molecule has 2 N–H and O–H groups in total. The van der Waals surface area contributed by atoms with Crippen molar-refractivity contribution >= 4 is 29.2 Å². The number of ether oxygens (including phenoxy) is 1. The average molecular weight is 324 g/mol. The first-order chi connectivity index (χ1) is 10.5. The van der Waals surface area contributed by atoms with E-state index >= 15 is 0 Å². The van der Waals surface area contributed by atoms with Crippen molar-refractivity contribution in [3.63, 3.8) is 0 Å². The first kappa shape index (κ1) is 15.8. The average Bonchev–Trinajstić information content (AvgIpc) is 2.46. The van der Waals surface area contributed by atoms with E-state index in [0.29, 0.717) is 10.8 Å². The number of amides is 1. The summed E-state index contributed by atoms with van der Waals surface area (Å²) in [6.07, 6.45) is 0. The molecule has 22 heavy (non-hydrogen) atoms. The Labute approximate surface area is 130 Å². The normalized spacial score (nSPS) is 10.1. The van der Waals surface area contributed by atoms with Crippen LogP contribution in [-0.4, -0.2) is 23.6 Å². The van der Waals surface area contributed by atoms with Crippen molar-refractivity contribution in [1.29, 1.82) is 0 Å². The van der Waals surface area contributed by atoms with Crippen LogP contribution in [0.3, 0.4) is 0 Å². The topological polar surface area (TPSA) is 75.6 Å². The van der Waals surface area contributed by atoms with Gasteiger partial charge in [-0.1, -0.05) is 11.6 Å². The number of benzene rings is 2. The second kappa shape index (κ2) is 6.91. The maximum absolute atomic E-state index is 12.7. The van der Waals surface area contributed by atoms with Crippen LogP contribution in [0.1, 0.15) is 10.4 Å². The number of rotatable bonds is 5. The van der Waals surface area contributed by atoms with Gasteiger partial charge in [0.15, 0.2) is 6.61 Å². The predicted octanol–water partition coefficient (Wildman–Crippen LogP) is 3.19. The van der Waals surface area contributed by atoms with Crippen LogP contribution in [0, 0.1) is 5.82 Å². The number of carboxylic acid groups (broad SMARTS) is 1. The quantitative estimate of drug-likeness (QED) is 0.886. The molecule has 2 aromatic rings. The number of halogens is 2. The Morgan fingerprint density at radius 1 is 1.18 bits per heavy atom. The Balaban J connectivity index is 2.01. The number of carboxylic acids is 1. The van der Waals surface area contributed by atoms with Gasteiger partial charge < -0.3 is 15.2 Å². The fourth-order valence-corrected chi connectivity index (χ4v) is 1.84. The van der Waals surface area contributed by atoms with Crippen molar-refractivity contribution in [2.45, 2.75) is 0 Å². The van der Waals surface area contributed by atoms with Crippen molar-refractivity contribution in [1.82, 2.24) is 0 Å². The molecule has 114 valence electrons. The smallest absolute Gasteiger partial charge is 0.337 e. The van der Waals surface area contributed by atoms with Crippen LogP contribution in [-0.2, 0) is 4.79 Å². The van der Waals surface area contributed by atoms with E-state index in [2.05, 4.69) is 5.32 Å². The highest BCUT2D eigenvalue weighted by Gasteiger charge is 2.13. The standard InChI is InChI=1S/C15H11ClFNO4/c16-9-1-6-12(15(20)21)13(7-9)18-14(19)8-22-11-4-2-10(17)3-5-11/h1-7H,8H2,(H,18,19)(H,20,21). The Kier molecular flexibility index (Phi) is 4.95. The lowest BCUT2D eigenvalue weighted by Crippen LogP contribution is -2.21. The van der Waals surface area contributed by atoms with Gasteiger partial charge in [-0.2, -0.15) is 0 Å². The van der Waals surface area contributed by atoms with Crippen LogP contribution in [0.2, 0.25) is 5.02 Å². The predicted molar refractivity (Wildman–Crippen MR) is 78.9 cm³/mol. The minimum atomic E-state index is -1.19. The molecule has 0 aromatic heterocycles. The lowest BCUT2D eigenvalue weighted by molar-refractivity contribution is -0.118. The lowest BCUT2D eigenvalue weighted by Gasteiger charge is -2.10. The number of carbonyl (C=O) groups excluding carboxylic acids is 1. The summed E-state index contributed by atoms with van der Waals surface area (Å²) in [5, 5.41) is 11.7. The van der Waals surface area contributed by atoms with Crippen LogP contribution in [0.25, 0.3) is 0 Å². The number of anilines is 1. The molecular weight excluding hydrogens is 313 g/mol. The molecule has 7 heteroatoms. The number of nitrogens with one attached hydrogen (secondary N) is 1. The zero-order valence-electron chi connectivity index (χ0n) is 11.2. The van der Waals surface area contributed by atoms with Gasteiger partial charge in [-0.05, 0) is 42.5 Å². The molecule has 0 heterocycles. The number of carbonyl (C=O) groups is 2. The summed E-state index contributed by atoms with van der Waals surface area (Å²) in [6.45, 7) is -0.350. The third kappa shape index (κ3) is 4.20. The van der Waals surface area contributed by atoms with E-state index in [1.807, 2.05) is 0 Å². The van der Waals surface area contributed by atoms with Gasteiger partial charge >= 0.3 is 5.97 Å². The summed E-state index contributed by atoms with van der Waals surface area (Å²) in [5.74, 6) is -1.84. The lowest BCUT2D eigenvalue weighted by atomic mass is 10.2. The summed E-state index contributed by atoms with van der Waals surface area (Å²) in [4.78, 5) is 22.9. The molecule has 0 aliphatic heterocycles. The molecule has 5 nitrogen and oxygen atoms in total. The molecule has 0 aliphatic rings. The Hall–Kier alpha value is -2.60. The van der Waals surface area contributed by atoms with Crippen molar-refractivity contribution in [3.8, 4) is 5.75 Å². The van der Waals surface area contributed by atoms with Crippen LogP contribution in [0.4, 0.5) is 10.1 Å². The Morgan fingerprint density at radius 3 is 2.50 bits per heavy atom. The second-order valence-electron chi connectivity index (χ2n) is 4.29. The molecule has 0 saturated heterocycles. The zero-order chi connectivity index (χ0) is 16.1. The first-order valence-corrected chi connectivity index (χ1v) is 6.54. The zero-order valence-corrected chi connectivity index (χ0v) is 11.9. The molecule has 0 saturated carbocycles. The third-order valence-electron chi connectivity index (χ3n) is 2.67. The van der Waals surface area contributed by atoms with E-state index < -0.39 is 17.7 Å². The van der Waals surface area contributed by atoms with Crippen LogP contribution >= 0.6 is 11.6 Å². The SMILES string of the molecule is O=C(COc1ccc(F)cc1)Nc1cc(Cl)ccc1C(=O)O. The largest absolute Gasteiger partial charge is 0.484 e. The summed E-state index contributed by atoms with van der Waals surface area (Å²) < 4.78 is 17.9. The number of hydrogen-bond donors (Lipinski definition) is 2. The molecule has 0 fully saturated rings. The molecule has 1 amide bonds. The van der Waals surface area contributed by atoms with Gasteiger partial charge in [0.25, 0.3) is 5.91 Å². The number of hydrogen-bond acceptors (Lipinski definition) is 3. The molecule has 0 aliphatic carbocycles. The molecule has 0 spiro atoms. The van der Waals surface area contributed by atoms with Crippen molar-refractivity contribution in [2.75, 3.05) is 11.9 Å². The minimum Gasteiger partial charge on any atom is -0.484 e. The molecule has 0 radical (unpaired) electrons. The van der Waals surface area contributed by atoms with Gasteiger partial charge in [-0.25, -0.2) is 9.18 Å². The number of aromatic carboxylic acids is 1. The summed E-state index contributed by atoms with van der Waals surface area (Å²) in [5.41, 5.74) is -0.00719. The van der Waals surface area contributed by atoms with Crippen LogP contribution in [0.5, 0.6) is 5.75 Å². The van der Waals surface area contributed by atoms with Gasteiger partial charge in [0, 0.05) is 5.02 Å². The fourth-order valence-electron chi connectivity index (χ4n) is 1.67. The molecule has 0 bridgehead atoms. The van der Waals surface area contributed by atoms with E-state index in [9.17, 15) is 14.0 Å². The monoisotopic (exact) mass is 323 g/mol. The van der Waals surface area contributed by atoms with Crippen LogP contribution in [0.15, 0.2) is 42.5 Å². The highest BCUT2D eigenvalue weighted by atomic mass is 35.5. The highest BCUT2D eigenvalue weighted by molar-refractivity contribution is 6.31. The summed E-state index contributed by atoms with van der Waals surface area (Å²) in [7, 11) is 0. The minimum absolute atomic E-state index is 0.0766. The van der Waals surface area contributed by atoms with E-state index in [1.54, 1.807) is 0 Å². The van der Waals surface area contributed by atoms with E-state index in [-0.39, 0.29) is 17.9 Å². The van der Waals surface area contributed by atoms with Gasteiger partial charge in [0.05, 0.1) is 11.3 Å². The van der Waals surface area contributed by atoms with Gasteiger partial charge in [-0.3, -0.25) is 4.79 Å². The molecular formula is C15H11ClFNO4. The maximum Gasteiger partial charge on any atom is 0.337 e. The van der Waals surface area contributed by atoms with E-state index in [0.717, 1.165) is 0 Å². The fraction of sp³-hybridized carbons (Fsp3) is 0.0667. The summed E-state index contributed by atoms with van der Waals surface area (Å²) >= 11 is 5.78. The third-order valence-corrected chi connectivity index (χ3v) is 2.90. The first-order valence-electron chi connectivity index (χ1n) is 6.17. The van der Waals surface area contributed by atoms with Crippen molar-refractivity contribution < 1.29 is 23.8 Å². The highest BCUT2D eigenvalue weighted by Crippen LogP contribution is 2.21. The van der Waals surface area contributed by atoms with Gasteiger partial charge in [0.2, 0.25) is 0 Å². The van der Waals surface area contributed by atoms with Gasteiger partial charge in [-0.15, -0.1) is 0 Å². The summed E-state index contributed by atoms with van der Waals surface area (Å²) in [6, 6.07) is 9.20. The Bertz CT molecular complexity index is 703. The molecule has 2 aromatic carbocycles.